The standard InChI is InChI=1S/C12H7N3O4/c16-14(17)9-5-2-4-8-11(9)7-3-1-6-10(15(18)19)12(7)13-8/h1-6,13H. The third-order valence-electron chi connectivity index (χ3n) is 3.01. The Morgan fingerprint density at radius 2 is 1.53 bits per heavy atom. The van der Waals surface area contributed by atoms with Crippen LogP contribution in [0.2, 0.25) is 0 Å². The van der Waals surface area contributed by atoms with Crippen LogP contribution in [0.25, 0.3) is 21.8 Å². The second-order valence-corrected chi connectivity index (χ2v) is 4.04. The molecule has 0 bridgehead atoms. The summed E-state index contributed by atoms with van der Waals surface area (Å²) in [4.78, 5) is 23.9. The van der Waals surface area contributed by atoms with Gasteiger partial charge in [-0.2, -0.15) is 0 Å². The summed E-state index contributed by atoms with van der Waals surface area (Å²) in [5, 5.41) is 22.9. The van der Waals surface area contributed by atoms with Crippen LogP contribution in [-0.4, -0.2) is 14.8 Å². The SMILES string of the molecule is O=[N+]([O-])c1cccc2c1[nH]c1cccc([N+](=O)[O-])c12. The summed E-state index contributed by atoms with van der Waals surface area (Å²) in [5.41, 5.74) is 0.655. The summed E-state index contributed by atoms with van der Waals surface area (Å²) in [5.74, 6) is 0. The van der Waals surface area contributed by atoms with Gasteiger partial charge in [-0.1, -0.05) is 18.2 Å². The number of aromatic nitrogens is 1. The summed E-state index contributed by atoms with van der Waals surface area (Å²) < 4.78 is 0. The molecule has 0 saturated carbocycles. The van der Waals surface area contributed by atoms with Crippen molar-refractivity contribution in [3.63, 3.8) is 0 Å². The van der Waals surface area contributed by atoms with Crippen molar-refractivity contribution in [1.29, 1.82) is 0 Å². The maximum absolute atomic E-state index is 11.0. The van der Waals surface area contributed by atoms with Crippen molar-refractivity contribution in [2.45, 2.75) is 0 Å². The number of H-pyrrole nitrogens is 1. The Morgan fingerprint density at radius 3 is 2.21 bits per heavy atom. The molecule has 7 nitrogen and oxygen atoms in total. The fourth-order valence-electron chi connectivity index (χ4n) is 2.25. The number of aromatic amines is 1. The van der Waals surface area contributed by atoms with Crippen molar-refractivity contribution >= 4 is 33.2 Å². The minimum Gasteiger partial charge on any atom is -0.349 e. The summed E-state index contributed by atoms with van der Waals surface area (Å²) in [7, 11) is 0. The Morgan fingerprint density at radius 1 is 0.895 bits per heavy atom. The van der Waals surface area contributed by atoms with Gasteiger partial charge in [-0.25, -0.2) is 0 Å². The number of fused-ring (bicyclic) bond motifs is 3. The van der Waals surface area contributed by atoms with E-state index in [2.05, 4.69) is 4.98 Å². The molecule has 0 amide bonds. The summed E-state index contributed by atoms with van der Waals surface area (Å²) in [6.45, 7) is 0. The molecule has 0 aliphatic carbocycles. The molecule has 3 rings (SSSR count). The average Bonchev–Trinajstić information content (AvgIpc) is 2.76. The molecule has 19 heavy (non-hydrogen) atoms. The fraction of sp³-hybridized carbons (Fsp3) is 0. The van der Waals surface area contributed by atoms with Crippen LogP contribution in [-0.2, 0) is 0 Å². The predicted octanol–water partition coefficient (Wildman–Crippen LogP) is 3.14. The van der Waals surface area contributed by atoms with E-state index >= 15 is 0 Å². The first-order valence-corrected chi connectivity index (χ1v) is 5.42. The molecular formula is C12H7N3O4. The molecule has 0 fully saturated rings. The number of hydrogen-bond donors (Lipinski definition) is 1. The van der Waals surface area contributed by atoms with E-state index < -0.39 is 9.85 Å². The lowest BCUT2D eigenvalue weighted by atomic mass is 10.1. The van der Waals surface area contributed by atoms with E-state index in [0.29, 0.717) is 21.8 Å². The molecule has 3 aromatic rings. The van der Waals surface area contributed by atoms with Crippen LogP contribution < -0.4 is 0 Å². The topological polar surface area (TPSA) is 102 Å². The van der Waals surface area contributed by atoms with Crippen LogP contribution >= 0.6 is 0 Å². The Hall–Kier alpha value is -2.96. The molecule has 0 spiro atoms. The van der Waals surface area contributed by atoms with Gasteiger partial charge in [0, 0.05) is 17.5 Å². The minimum absolute atomic E-state index is 0.0655. The van der Waals surface area contributed by atoms with Crippen molar-refractivity contribution in [2.75, 3.05) is 0 Å². The second kappa shape index (κ2) is 3.77. The zero-order valence-corrected chi connectivity index (χ0v) is 9.49. The number of hydrogen-bond acceptors (Lipinski definition) is 4. The predicted molar refractivity (Wildman–Crippen MR) is 69.1 cm³/mol. The summed E-state index contributed by atoms with van der Waals surface area (Å²) >= 11 is 0. The number of benzene rings is 2. The number of nitro groups is 2. The lowest BCUT2D eigenvalue weighted by Gasteiger charge is -1.94. The molecule has 94 valence electrons. The van der Waals surface area contributed by atoms with Gasteiger partial charge in [0.05, 0.1) is 20.7 Å². The lowest BCUT2D eigenvalue weighted by molar-refractivity contribution is -0.383. The number of rotatable bonds is 2. The smallest absolute Gasteiger partial charge is 0.293 e. The van der Waals surface area contributed by atoms with Gasteiger partial charge in [0.1, 0.15) is 5.52 Å². The van der Waals surface area contributed by atoms with Gasteiger partial charge in [0.15, 0.2) is 0 Å². The Balaban J connectivity index is 2.54. The van der Waals surface area contributed by atoms with Crippen LogP contribution in [0, 0.1) is 20.2 Å². The zero-order valence-electron chi connectivity index (χ0n) is 9.49. The summed E-state index contributed by atoms with van der Waals surface area (Å²) in [6, 6.07) is 9.10. The van der Waals surface area contributed by atoms with E-state index in [1.54, 1.807) is 18.2 Å². The molecule has 7 heteroatoms. The molecule has 0 aliphatic heterocycles. The quantitative estimate of drug-likeness (QED) is 0.562. The highest BCUT2D eigenvalue weighted by Gasteiger charge is 2.20. The first kappa shape index (κ1) is 11.1. The molecule has 0 atom stereocenters. The minimum atomic E-state index is -0.510. The Kier molecular flexibility index (Phi) is 2.21. The van der Waals surface area contributed by atoms with Gasteiger partial charge in [0.2, 0.25) is 0 Å². The third-order valence-corrected chi connectivity index (χ3v) is 3.01. The van der Waals surface area contributed by atoms with Crippen molar-refractivity contribution in [1.82, 2.24) is 4.98 Å². The van der Waals surface area contributed by atoms with Crippen molar-refractivity contribution in [3.05, 3.63) is 56.6 Å². The molecule has 1 heterocycles. The van der Waals surface area contributed by atoms with E-state index in [9.17, 15) is 20.2 Å². The molecule has 0 aliphatic rings. The molecule has 0 saturated heterocycles. The molecule has 0 unspecified atom stereocenters. The number of non-ortho nitro benzene ring substituents is 2. The van der Waals surface area contributed by atoms with E-state index in [1.165, 1.54) is 18.2 Å². The van der Waals surface area contributed by atoms with Crippen molar-refractivity contribution in [2.24, 2.45) is 0 Å². The van der Waals surface area contributed by atoms with Gasteiger partial charge < -0.3 is 4.98 Å². The van der Waals surface area contributed by atoms with Crippen LogP contribution in [0.3, 0.4) is 0 Å². The van der Waals surface area contributed by atoms with Gasteiger partial charge in [0.25, 0.3) is 11.4 Å². The number of nitrogens with one attached hydrogen (secondary N) is 1. The van der Waals surface area contributed by atoms with Gasteiger partial charge in [-0.15, -0.1) is 0 Å². The van der Waals surface area contributed by atoms with E-state index in [0.717, 1.165) is 0 Å². The van der Waals surface area contributed by atoms with E-state index in [-0.39, 0.29) is 11.4 Å². The molecule has 0 radical (unpaired) electrons. The van der Waals surface area contributed by atoms with Crippen molar-refractivity contribution in [3.8, 4) is 0 Å². The number of nitro benzene ring substituents is 2. The largest absolute Gasteiger partial charge is 0.349 e. The van der Waals surface area contributed by atoms with Crippen molar-refractivity contribution < 1.29 is 9.85 Å². The van der Waals surface area contributed by atoms with E-state index in [1.807, 2.05) is 0 Å². The van der Waals surface area contributed by atoms with Crippen LogP contribution in [0.15, 0.2) is 36.4 Å². The highest BCUT2D eigenvalue weighted by Crippen LogP contribution is 2.36. The van der Waals surface area contributed by atoms with Gasteiger partial charge >= 0.3 is 0 Å². The molecular weight excluding hydrogens is 250 g/mol. The monoisotopic (exact) mass is 257 g/mol. The van der Waals surface area contributed by atoms with E-state index in [4.69, 9.17) is 0 Å². The average molecular weight is 257 g/mol. The van der Waals surface area contributed by atoms with Crippen LogP contribution in [0.5, 0.6) is 0 Å². The third kappa shape index (κ3) is 1.52. The zero-order chi connectivity index (χ0) is 13.6. The number of nitrogens with zero attached hydrogens (tertiary/aromatic N) is 2. The first-order valence-electron chi connectivity index (χ1n) is 5.42. The van der Waals surface area contributed by atoms with Gasteiger partial charge in [-0.3, -0.25) is 20.2 Å². The lowest BCUT2D eigenvalue weighted by Crippen LogP contribution is -1.89. The maximum Gasteiger partial charge on any atom is 0.293 e. The Labute approximate surface area is 105 Å². The number of para-hydroxylation sites is 1. The highest BCUT2D eigenvalue weighted by molar-refractivity contribution is 6.14. The van der Waals surface area contributed by atoms with Gasteiger partial charge in [-0.05, 0) is 6.07 Å². The fourth-order valence-corrected chi connectivity index (χ4v) is 2.25. The Bertz CT molecular complexity index is 837. The maximum atomic E-state index is 11.0. The summed E-state index contributed by atoms with van der Waals surface area (Å²) in [6.07, 6.45) is 0. The molecule has 1 N–H and O–H groups in total. The second-order valence-electron chi connectivity index (χ2n) is 4.04. The normalized spacial score (nSPS) is 10.9. The van der Waals surface area contributed by atoms with Crippen LogP contribution in [0.1, 0.15) is 0 Å². The van der Waals surface area contributed by atoms with Crippen LogP contribution in [0.4, 0.5) is 11.4 Å². The highest BCUT2D eigenvalue weighted by atomic mass is 16.6. The molecule has 2 aromatic carbocycles. The molecule has 1 aromatic heterocycles. The first-order chi connectivity index (χ1) is 9.09.